The molecule has 0 radical (unpaired) electrons. The Morgan fingerprint density at radius 1 is 1.26 bits per heavy atom. The van der Waals surface area contributed by atoms with E-state index in [4.69, 9.17) is 0 Å². The Morgan fingerprint density at radius 3 is 2.63 bits per heavy atom. The van der Waals surface area contributed by atoms with Crippen molar-refractivity contribution in [1.29, 1.82) is 0 Å². The second-order valence-electron chi connectivity index (χ2n) is 6.39. The summed E-state index contributed by atoms with van der Waals surface area (Å²) in [6.07, 6.45) is 3.62. The molecule has 1 aliphatic carbocycles. The number of nitrogens with one attached hydrogen (secondary N) is 1. The van der Waals surface area contributed by atoms with Crippen molar-refractivity contribution < 1.29 is 4.79 Å². The fourth-order valence-corrected chi connectivity index (χ4v) is 3.61. The van der Waals surface area contributed by atoms with Crippen LogP contribution in [0.4, 0.5) is 0 Å². The van der Waals surface area contributed by atoms with E-state index in [2.05, 4.69) is 36.2 Å². The van der Waals surface area contributed by atoms with Crippen LogP contribution in [0.5, 0.6) is 0 Å². The van der Waals surface area contributed by atoms with Crippen LogP contribution < -0.4 is 5.32 Å². The van der Waals surface area contributed by atoms with Gasteiger partial charge in [0, 0.05) is 6.04 Å². The monoisotopic (exact) mass is 258 g/mol. The van der Waals surface area contributed by atoms with Crippen molar-refractivity contribution in [2.24, 2.45) is 5.41 Å². The van der Waals surface area contributed by atoms with Crippen LogP contribution >= 0.6 is 0 Å². The van der Waals surface area contributed by atoms with Gasteiger partial charge in [-0.15, -0.1) is 0 Å². The molecule has 0 spiro atoms. The first kappa shape index (κ1) is 12.7. The van der Waals surface area contributed by atoms with Crippen molar-refractivity contribution in [2.45, 2.75) is 45.3 Å². The first-order chi connectivity index (χ1) is 9.09. The number of hydrogen-bond acceptors (Lipinski definition) is 2. The fourth-order valence-electron chi connectivity index (χ4n) is 3.61. The highest BCUT2D eigenvalue weighted by Crippen LogP contribution is 2.43. The molecule has 1 heterocycles. The van der Waals surface area contributed by atoms with E-state index in [1.807, 2.05) is 18.2 Å². The molecule has 2 unspecified atom stereocenters. The quantitative estimate of drug-likeness (QED) is 0.884. The standard InChI is InChI=1S/C16H22N2O/c1-16(2)10-6-9-13(16)18-14(19)11-17-15(18)12-7-4-3-5-8-12/h3-5,7-8,13,15,17H,6,9-11H2,1-2H3. The smallest absolute Gasteiger partial charge is 0.238 e. The van der Waals surface area contributed by atoms with E-state index in [0.29, 0.717) is 12.6 Å². The third-order valence-corrected chi connectivity index (χ3v) is 4.66. The van der Waals surface area contributed by atoms with Crippen molar-refractivity contribution in [3.8, 4) is 0 Å². The Kier molecular flexibility index (Phi) is 3.09. The molecule has 19 heavy (non-hydrogen) atoms. The molecule has 1 amide bonds. The molecule has 1 saturated carbocycles. The minimum Gasteiger partial charge on any atom is -0.318 e. The normalized spacial score (nSPS) is 30.0. The van der Waals surface area contributed by atoms with Gasteiger partial charge < -0.3 is 4.90 Å². The van der Waals surface area contributed by atoms with E-state index in [0.717, 1.165) is 6.42 Å². The molecule has 2 fully saturated rings. The van der Waals surface area contributed by atoms with Crippen LogP contribution in [0.15, 0.2) is 30.3 Å². The predicted molar refractivity (Wildman–Crippen MR) is 75.5 cm³/mol. The topological polar surface area (TPSA) is 32.3 Å². The lowest BCUT2D eigenvalue weighted by atomic mass is 9.86. The molecule has 1 N–H and O–H groups in total. The molecule has 2 aliphatic rings. The Bertz CT molecular complexity index is 469. The number of rotatable bonds is 2. The van der Waals surface area contributed by atoms with E-state index in [-0.39, 0.29) is 17.5 Å². The van der Waals surface area contributed by atoms with Gasteiger partial charge in [-0.05, 0) is 23.8 Å². The summed E-state index contributed by atoms with van der Waals surface area (Å²) in [5, 5.41) is 3.36. The van der Waals surface area contributed by atoms with Crippen LogP contribution in [-0.2, 0) is 4.79 Å². The second-order valence-corrected chi connectivity index (χ2v) is 6.39. The van der Waals surface area contributed by atoms with Gasteiger partial charge in [0.05, 0.1) is 6.54 Å². The SMILES string of the molecule is CC1(C)CCCC1N1C(=O)CNC1c1ccccc1. The summed E-state index contributed by atoms with van der Waals surface area (Å²) in [6.45, 7) is 5.04. The van der Waals surface area contributed by atoms with Gasteiger partial charge in [0.15, 0.2) is 0 Å². The zero-order chi connectivity index (χ0) is 13.5. The number of benzene rings is 1. The molecule has 3 heteroatoms. The van der Waals surface area contributed by atoms with Crippen LogP contribution in [0, 0.1) is 5.41 Å². The lowest BCUT2D eigenvalue weighted by Crippen LogP contribution is -2.45. The van der Waals surface area contributed by atoms with Crippen molar-refractivity contribution in [3.05, 3.63) is 35.9 Å². The maximum Gasteiger partial charge on any atom is 0.238 e. The Labute approximate surface area is 115 Å². The van der Waals surface area contributed by atoms with Crippen LogP contribution in [0.25, 0.3) is 0 Å². The largest absolute Gasteiger partial charge is 0.318 e. The van der Waals surface area contributed by atoms with Crippen LogP contribution in [0.1, 0.15) is 44.8 Å². The summed E-state index contributed by atoms with van der Waals surface area (Å²) in [6, 6.07) is 10.7. The van der Waals surface area contributed by atoms with Crippen molar-refractivity contribution >= 4 is 5.91 Å². The van der Waals surface area contributed by atoms with E-state index in [9.17, 15) is 4.79 Å². The summed E-state index contributed by atoms with van der Waals surface area (Å²) < 4.78 is 0. The number of carbonyl (C=O) groups excluding carboxylic acids is 1. The molecule has 2 atom stereocenters. The summed E-state index contributed by atoms with van der Waals surface area (Å²) in [5.74, 6) is 0.244. The maximum atomic E-state index is 12.3. The van der Waals surface area contributed by atoms with Crippen LogP contribution in [-0.4, -0.2) is 23.4 Å². The van der Waals surface area contributed by atoms with Gasteiger partial charge >= 0.3 is 0 Å². The fraction of sp³-hybridized carbons (Fsp3) is 0.562. The molecule has 1 aliphatic heterocycles. The summed E-state index contributed by atoms with van der Waals surface area (Å²) >= 11 is 0. The minimum atomic E-state index is 0.0519. The Morgan fingerprint density at radius 2 is 2.00 bits per heavy atom. The van der Waals surface area contributed by atoms with Gasteiger partial charge in [-0.25, -0.2) is 0 Å². The highest BCUT2D eigenvalue weighted by molar-refractivity contribution is 5.81. The Balaban J connectivity index is 1.91. The molecular formula is C16H22N2O. The lowest BCUT2D eigenvalue weighted by Gasteiger charge is -2.38. The molecule has 1 aromatic rings. The average molecular weight is 258 g/mol. The first-order valence-electron chi connectivity index (χ1n) is 7.19. The zero-order valence-electron chi connectivity index (χ0n) is 11.7. The predicted octanol–water partition coefficient (Wildman–Crippen LogP) is 2.70. The van der Waals surface area contributed by atoms with E-state index >= 15 is 0 Å². The van der Waals surface area contributed by atoms with Crippen LogP contribution in [0.2, 0.25) is 0 Å². The van der Waals surface area contributed by atoms with E-state index in [1.165, 1.54) is 18.4 Å². The molecule has 0 aromatic heterocycles. The van der Waals surface area contributed by atoms with Crippen LogP contribution in [0.3, 0.4) is 0 Å². The van der Waals surface area contributed by atoms with Gasteiger partial charge in [0.2, 0.25) is 5.91 Å². The van der Waals surface area contributed by atoms with Gasteiger partial charge in [-0.2, -0.15) is 0 Å². The molecular weight excluding hydrogens is 236 g/mol. The molecule has 1 saturated heterocycles. The Hall–Kier alpha value is -1.35. The van der Waals surface area contributed by atoms with Gasteiger partial charge in [-0.3, -0.25) is 10.1 Å². The average Bonchev–Trinajstić information content (AvgIpc) is 2.93. The third kappa shape index (κ3) is 2.16. The number of carbonyl (C=O) groups is 1. The van der Waals surface area contributed by atoms with E-state index < -0.39 is 0 Å². The van der Waals surface area contributed by atoms with Gasteiger partial charge in [0.1, 0.15) is 6.17 Å². The summed E-state index contributed by atoms with van der Waals surface area (Å²) in [7, 11) is 0. The molecule has 3 rings (SSSR count). The second kappa shape index (κ2) is 4.64. The molecule has 3 nitrogen and oxygen atoms in total. The molecule has 102 valence electrons. The van der Waals surface area contributed by atoms with Crippen molar-refractivity contribution in [1.82, 2.24) is 10.2 Å². The zero-order valence-corrected chi connectivity index (χ0v) is 11.7. The van der Waals surface area contributed by atoms with Crippen molar-refractivity contribution in [2.75, 3.05) is 6.54 Å². The summed E-state index contributed by atoms with van der Waals surface area (Å²) in [5.41, 5.74) is 1.42. The maximum absolute atomic E-state index is 12.3. The highest BCUT2D eigenvalue weighted by Gasteiger charge is 2.45. The van der Waals surface area contributed by atoms with Gasteiger partial charge in [0.25, 0.3) is 0 Å². The summed E-state index contributed by atoms with van der Waals surface area (Å²) in [4.78, 5) is 14.4. The lowest BCUT2D eigenvalue weighted by molar-refractivity contribution is -0.132. The van der Waals surface area contributed by atoms with Gasteiger partial charge in [-0.1, -0.05) is 50.6 Å². The number of nitrogens with zero attached hydrogens (tertiary/aromatic N) is 1. The van der Waals surface area contributed by atoms with E-state index in [1.54, 1.807) is 0 Å². The number of hydrogen-bond donors (Lipinski definition) is 1. The molecule has 0 bridgehead atoms. The first-order valence-corrected chi connectivity index (χ1v) is 7.19. The number of amides is 1. The molecule has 1 aromatic carbocycles. The third-order valence-electron chi connectivity index (χ3n) is 4.66. The highest BCUT2D eigenvalue weighted by atomic mass is 16.2. The van der Waals surface area contributed by atoms with Crippen molar-refractivity contribution in [3.63, 3.8) is 0 Å². The minimum absolute atomic E-state index is 0.0519.